The summed E-state index contributed by atoms with van der Waals surface area (Å²) in [6, 6.07) is 8.17. The van der Waals surface area contributed by atoms with Gasteiger partial charge < -0.3 is 5.32 Å². The molecule has 0 heterocycles. The molecule has 1 aliphatic carbocycles. The molecule has 1 aliphatic rings. The minimum Gasteiger partial charge on any atom is -0.322 e. The highest BCUT2D eigenvalue weighted by Gasteiger charge is 2.17. The second-order valence-electron chi connectivity index (χ2n) is 7.74. The molecule has 1 aromatic rings. The Labute approximate surface area is 188 Å². The van der Waals surface area contributed by atoms with Crippen molar-refractivity contribution < 1.29 is 9.18 Å². The monoisotopic (exact) mass is 426 g/mol. The quantitative estimate of drug-likeness (QED) is 0.254. The van der Waals surface area contributed by atoms with Crippen LogP contribution in [-0.4, -0.2) is 12.1 Å². The molecular weight excluding hydrogens is 387 g/mol. The molecule has 2 rings (SSSR count). The lowest BCUT2D eigenvalue weighted by molar-refractivity contribution is -0.112. The van der Waals surface area contributed by atoms with Crippen LogP contribution in [0.15, 0.2) is 64.6 Å². The van der Waals surface area contributed by atoms with Gasteiger partial charge in [0.15, 0.2) is 0 Å². The van der Waals surface area contributed by atoms with Crippen molar-refractivity contribution in [2.45, 2.75) is 79.6 Å². The summed E-state index contributed by atoms with van der Waals surface area (Å²) < 4.78 is 14.2. The van der Waals surface area contributed by atoms with Gasteiger partial charge in [-0.15, -0.1) is 0 Å². The Morgan fingerprint density at radius 2 is 1.77 bits per heavy atom. The van der Waals surface area contributed by atoms with E-state index in [1.807, 2.05) is 32.9 Å². The molecule has 0 aromatic heterocycles. The van der Waals surface area contributed by atoms with Crippen molar-refractivity contribution in [3.63, 3.8) is 0 Å². The normalized spacial score (nSPS) is 15.9. The van der Waals surface area contributed by atoms with Crippen LogP contribution in [0.1, 0.15) is 85.1 Å². The number of aliphatic imine (C=N–C) groups is 1. The van der Waals surface area contributed by atoms with Crippen molar-refractivity contribution in [1.82, 2.24) is 0 Å². The van der Waals surface area contributed by atoms with Gasteiger partial charge in [-0.05, 0) is 50.3 Å². The molecule has 1 N–H and O–H groups in total. The summed E-state index contributed by atoms with van der Waals surface area (Å²) >= 11 is 0. The van der Waals surface area contributed by atoms with Gasteiger partial charge in [0.1, 0.15) is 5.83 Å². The van der Waals surface area contributed by atoms with E-state index in [2.05, 4.69) is 22.4 Å². The fourth-order valence-electron chi connectivity index (χ4n) is 3.60. The molecule has 1 fully saturated rings. The fourth-order valence-corrected chi connectivity index (χ4v) is 3.60. The predicted molar refractivity (Wildman–Crippen MR) is 132 cm³/mol. The van der Waals surface area contributed by atoms with Gasteiger partial charge >= 0.3 is 0 Å². The lowest BCUT2D eigenvalue weighted by Crippen LogP contribution is -2.13. The van der Waals surface area contributed by atoms with Crippen LogP contribution in [0.2, 0.25) is 0 Å². The van der Waals surface area contributed by atoms with Crippen LogP contribution in [0, 0.1) is 5.92 Å². The van der Waals surface area contributed by atoms with Crippen LogP contribution in [0.25, 0.3) is 0 Å². The van der Waals surface area contributed by atoms with Crippen LogP contribution in [0.3, 0.4) is 0 Å². The second-order valence-corrected chi connectivity index (χ2v) is 7.74. The number of nitrogens with one attached hydrogen (secondary N) is 1. The maximum Gasteiger partial charge on any atom is 0.255 e. The summed E-state index contributed by atoms with van der Waals surface area (Å²) in [6.45, 7) is 11.2. The van der Waals surface area contributed by atoms with Gasteiger partial charge in [0, 0.05) is 29.8 Å². The van der Waals surface area contributed by atoms with E-state index < -0.39 is 0 Å². The van der Waals surface area contributed by atoms with E-state index >= 15 is 0 Å². The molecule has 0 aliphatic heterocycles. The Hall–Kier alpha value is -2.49. The first-order chi connectivity index (χ1) is 15.0. The van der Waals surface area contributed by atoms with Crippen molar-refractivity contribution in [3.8, 4) is 0 Å². The first-order valence-corrected chi connectivity index (χ1v) is 11.6. The average Bonchev–Trinajstić information content (AvgIpc) is 3.32. The van der Waals surface area contributed by atoms with Crippen molar-refractivity contribution >= 4 is 17.8 Å². The van der Waals surface area contributed by atoms with Gasteiger partial charge in [-0.1, -0.05) is 70.9 Å². The third kappa shape index (κ3) is 8.64. The van der Waals surface area contributed by atoms with E-state index in [-0.39, 0.29) is 17.7 Å². The van der Waals surface area contributed by atoms with Crippen molar-refractivity contribution in [1.29, 1.82) is 0 Å². The van der Waals surface area contributed by atoms with Crippen LogP contribution in [0.5, 0.6) is 0 Å². The topological polar surface area (TPSA) is 41.5 Å². The van der Waals surface area contributed by atoms with Crippen LogP contribution in [-0.2, 0) is 4.79 Å². The van der Waals surface area contributed by atoms with E-state index in [1.165, 1.54) is 31.2 Å². The Morgan fingerprint density at radius 3 is 2.29 bits per heavy atom. The first kappa shape index (κ1) is 26.5. The zero-order valence-corrected chi connectivity index (χ0v) is 20.0. The molecule has 31 heavy (non-hydrogen) atoms. The molecule has 1 saturated carbocycles. The van der Waals surface area contributed by atoms with E-state index in [0.29, 0.717) is 23.6 Å². The number of halogens is 1. The highest BCUT2D eigenvalue weighted by atomic mass is 19.1. The SMILES string of the molecule is CC.CC=N/C(C/C=C\C(=C/C)C(=O)Nc1ccc(C2CCCC2)cc1)=C(/F)C(C)C. The van der Waals surface area contributed by atoms with Crippen LogP contribution < -0.4 is 5.32 Å². The van der Waals surface area contributed by atoms with Gasteiger partial charge in [-0.25, -0.2) is 4.39 Å². The number of hydrogen-bond donors (Lipinski definition) is 1. The van der Waals surface area contributed by atoms with Crippen LogP contribution in [0.4, 0.5) is 10.1 Å². The molecule has 0 saturated heterocycles. The number of carbonyl (C=O) groups excluding carboxylic acids is 1. The Bertz CT molecular complexity index is 795. The third-order valence-electron chi connectivity index (χ3n) is 5.24. The molecule has 0 atom stereocenters. The molecule has 3 nitrogen and oxygen atoms in total. The largest absolute Gasteiger partial charge is 0.322 e. The van der Waals surface area contributed by atoms with Gasteiger partial charge in [-0.2, -0.15) is 0 Å². The smallest absolute Gasteiger partial charge is 0.255 e. The number of rotatable bonds is 8. The summed E-state index contributed by atoms with van der Waals surface area (Å²) in [5.41, 5.74) is 3.08. The number of nitrogens with zero attached hydrogens (tertiary/aromatic N) is 1. The summed E-state index contributed by atoms with van der Waals surface area (Å²) in [5, 5.41) is 2.94. The lowest BCUT2D eigenvalue weighted by Gasteiger charge is -2.11. The number of anilines is 1. The van der Waals surface area contributed by atoms with Gasteiger partial charge in [0.2, 0.25) is 0 Å². The molecule has 0 unspecified atom stereocenters. The number of benzene rings is 1. The minimum atomic E-state index is -0.221. The molecule has 0 bridgehead atoms. The molecule has 0 spiro atoms. The summed E-state index contributed by atoms with van der Waals surface area (Å²) in [4.78, 5) is 16.7. The first-order valence-electron chi connectivity index (χ1n) is 11.6. The molecular formula is C27H39FN2O. The van der Waals surface area contributed by atoms with Gasteiger partial charge in [-0.3, -0.25) is 9.79 Å². The van der Waals surface area contributed by atoms with Gasteiger partial charge in [0.05, 0.1) is 5.70 Å². The zero-order valence-electron chi connectivity index (χ0n) is 20.0. The zero-order chi connectivity index (χ0) is 23.2. The highest BCUT2D eigenvalue weighted by molar-refractivity contribution is 6.05. The Balaban J connectivity index is 0.00000233. The number of carbonyl (C=O) groups is 1. The van der Waals surface area contributed by atoms with Crippen LogP contribution >= 0.6 is 0 Å². The molecule has 1 amide bonds. The van der Waals surface area contributed by atoms with Crippen molar-refractivity contribution in [2.75, 3.05) is 5.32 Å². The summed E-state index contributed by atoms with van der Waals surface area (Å²) in [7, 11) is 0. The third-order valence-corrected chi connectivity index (χ3v) is 5.24. The minimum absolute atomic E-state index is 0.175. The number of amides is 1. The van der Waals surface area contributed by atoms with E-state index in [0.717, 1.165) is 5.69 Å². The average molecular weight is 427 g/mol. The second kappa shape index (κ2) is 14.5. The predicted octanol–water partition coefficient (Wildman–Crippen LogP) is 8.13. The summed E-state index contributed by atoms with van der Waals surface area (Å²) in [5.74, 6) is 0.0552. The molecule has 1 aromatic carbocycles. The maximum absolute atomic E-state index is 14.2. The highest BCUT2D eigenvalue weighted by Crippen LogP contribution is 2.34. The fraction of sp³-hybridized carbons (Fsp3) is 0.481. The van der Waals surface area contributed by atoms with Crippen molar-refractivity contribution in [3.05, 3.63) is 65.2 Å². The lowest BCUT2D eigenvalue weighted by atomic mass is 9.97. The van der Waals surface area contributed by atoms with E-state index in [9.17, 15) is 9.18 Å². The maximum atomic E-state index is 14.2. The molecule has 170 valence electrons. The van der Waals surface area contributed by atoms with Gasteiger partial charge in [0.25, 0.3) is 5.91 Å². The summed E-state index contributed by atoms with van der Waals surface area (Å²) in [6.07, 6.45) is 12.3. The van der Waals surface area contributed by atoms with Crippen molar-refractivity contribution in [2.24, 2.45) is 10.9 Å². The number of allylic oxidation sites excluding steroid dienone is 3. The van der Waals surface area contributed by atoms with E-state index in [4.69, 9.17) is 0 Å². The molecule has 0 radical (unpaired) electrons. The Kier molecular flexibility index (Phi) is 12.4. The number of hydrogen-bond acceptors (Lipinski definition) is 2. The molecule has 4 heteroatoms. The Morgan fingerprint density at radius 1 is 1.16 bits per heavy atom. The van der Waals surface area contributed by atoms with E-state index in [1.54, 1.807) is 45.2 Å². The standard InChI is InChI=1S/C25H33FN2O.C2H6/c1-5-19(12-9-13-23(27-6-2)24(26)18(3)4)25(29)28-22-16-14-21(15-17-22)20-10-7-8-11-20;1-2/h5-6,9,12,14-18,20H,7-8,10-11,13H2,1-4H3,(H,28,29);1-2H3/b12-9-,19-5+,24-23+,27-6?;.